The quantitative estimate of drug-likeness (QED) is 0.613. The topological polar surface area (TPSA) is 68.7 Å². The number of halogens is 2. The van der Waals surface area contributed by atoms with Gasteiger partial charge in [0.1, 0.15) is 18.1 Å². The molecule has 1 aromatic carbocycles. The first-order valence-electron chi connectivity index (χ1n) is 8.50. The Morgan fingerprint density at radius 3 is 2.75 bits per heavy atom. The Morgan fingerprint density at radius 2 is 2.07 bits per heavy atom. The number of pyridine rings is 1. The lowest BCUT2D eigenvalue weighted by atomic mass is 9.99. The number of carboxylic acid groups (broad SMARTS) is 1. The summed E-state index contributed by atoms with van der Waals surface area (Å²) in [6.45, 7) is 0.340. The summed E-state index contributed by atoms with van der Waals surface area (Å²) in [7, 11) is 0. The molecular weight excluding hydrogens is 401 g/mol. The minimum Gasteiger partial charge on any atom is -0.487 e. The second-order valence-electron chi connectivity index (χ2n) is 5.99. The molecule has 2 aromatic rings. The molecule has 3 rings (SSSR count). The molecule has 5 nitrogen and oxygen atoms in total. The van der Waals surface area contributed by atoms with Crippen LogP contribution in [0.3, 0.4) is 0 Å². The Morgan fingerprint density at radius 1 is 1.25 bits per heavy atom. The highest BCUT2D eigenvalue weighted by atomic mass is 35.5. The van der Waals surface area contributed by atoms with Crippen LogP contribution in [0, 0.1) is 5.92 Å². The molecule has 0 aliphatic heterocycles. The van der Waals surface area contributed by atoms with Gasteiger partial charge in [-0.1, -0.05) is 53.6 Å². The van der Waals surface area contributed by atoms with Gasteiger partial charge in [0, 0.05) is 28.6 Å². The van der Waals surface area contributed by atoms with Crippen LogP contribution in [0.5, 0.6) is 11.6 Å². The van der Waals surface area contributed by atoms with Gasteiger partial charge in [-0.25, -0.2) is 9.78 Å². The van der Waals surface area contributed by atoms with Gasteiger partial charge < -0.3 is 14.6 Å². The molecule has 1 N–H and O–H groups in total. The third-order valence-corrected chi connectivity index (χ3v) is 4.61. The predicted molar refractivity (Wildman–Crippen MR) is 108 cm³/mol. The predicted octanol–water partition coefficient (Wildman–Crippen LogP) is 5.36. The molecule has 0 saturated carbocycles. The summed E-state index contributed by atoms with van der Waals surface area (Å²) in [6.07, 6.45) is 8.40. The standard InChI is InChI=1S/C21H17Cl2NO4/c22-17-4-2-1-3-15(17)13-27-16-7-9-20(24-12-16)28-19-8-5-14(11-18(19)23)6-10-21(25)26/h1-4,6-12,14H,5,13H2,(H,25,26)/b10-6+. The zero-order valence-electron chi connectivity index (χ0n) is 14.7. The van der Waals surface area contributed by atoms with Gasteiger partial charge in [0.2, 0.25) is 5.88 Å². The van der Waals surface area contributed by atoms with Gasteiger partial charge in [-0.3, -0.25) is 0 Å². The van der Waals surface area contributed by atoms with Crippen molar-refractivity contribution in [3.05, 3.63) is 88.3 Å². The van der Waals surface area contributed by atoms with Crippen LogP contribution in [0.4, 0.5) is 0 Å². The van der Waals surface area contributed by atoms with Gasteiger partial charge in [0.05, 0.1) is 11.2 Å². The molecule has 0 amide bonds. The lowest BCUT2D eigenvalue weighted by Crippen LogP contribution is -2.06. The van der Waals surface area contributed by atoms with E-state index in [2.05, 4.69) is 4.98 Å². The van der Waals surface area contributed by atoms with E-state index in [1.54, 1.807) is 30.5 Å². The van der Waals surface area contributed by atoms with Crippen molar-refractivity contribution in [1.82, 2.24) is 4.98 Å². The fourth-order valence-electron chi connectivity index (χ4n) is 2.51. The van der Waals surface area contributed by atoms with Gasteiger partial charge >= 0.3 is 5.97 Å². The van der Waals surface area contributed by atoms with Gasteiger partial charge in [-0.2, -0.15) is 0 Å². The number of carbonyl (C=O) groups is 1. The number of aliphatic carboxylic acids is 1. The van der Waals surface area contributed by atoms with Crippen molar-refractivity contribution in [3.8, 4) is 11.6 Å². The van der Waals surface area contributed by atoms with Crippen LogP contribution in [0.25, 0.3) is 0 Å². The lowest BCUT2D eigenvalue weighted by molar-refractivity contribution is -0.131. The van der Waals surface area contributed by atoms with E-state index in [1.807, 2.05) is 30.3 Å². The van der Waals surface area contributed by atoms with E-state index in [0.29, 0.717) is 40.5 Å². The summed E-state index contributed by atoms with van der Waals surface area (Å²) in [5.41, 5.74) is 0.889. The molecule has 144 valence electrons. The summed E-state index contributed by atoms with van der Waals surface area (Å²) in [6, 6.07) is 10.9. The average Bonchev–Trinajstić information content (AvgIpc) is 2.68. The number of ether oxygens (including phenoxy) is 2. The molecular formula is C21H17Cl2NO4. The number of hydrogen-bond donors (Lipinski definition) is 1. The normalized spacial score (nSPS) is 16.4. The summed E-state index contributed by atoms with van der Waals surface area (Å²) < 4.78 is 11.4. The first kappa shape index (κ1) is 20.0. The van der Waals surface area contributed by atoms with Crippen LogP contribution in [0.2, 0.25) is 5.02 Å². The molecule has 28 heavy (non-hydrogen) atoms. The molecule has 1 aliphatic rings. The number of carboxylic acids is 1. The van der Waals surface area contributed by atoms with Crippen molar-refractivity contribution < 1.29 is 19.4 Å². The second-order valence-corrected chi connectivity index (χ2v) is 6.81. The first-order valence-corrected chi connectivity index (χ1v) is 9.26. The van der Waals surface area contributed by atoms with E-state index in [4.69, 9.17) is 37.8 Å². The van der Waals surface area contributed by atoms with E-state index in [0.717, 1.165) is 11.6 Å². The van der Waals surface area contributed by atoms with Crippen LogP contribution in [-0.4, -0.2) is 16.1 Å². The van der Waals surface area contributed by atoms with Crippen molar-refractivity contribution in [2.24, 2.45) is 5.92 Å². The Balaban J connectivity index is 1.56. The molecule has 0 bridgehead atoms. The largest absolute Gasteiger partial charge is 0.487 e. The molecule has 1 heterocycles. The molecule has 0 spiro atoms. The number of hydrogen-bond acceptors (Lipinski definition) is 4. The van der Waals surface area contributed by atoms with Crippen LogP contribution in [0.15, 0.2) is 77.7 Å². The molecule has 7 heteroatoms. The fraction of sp³-hybridized carbons (Fsp3) is 0.143. The van der Waals surface area contributed by atoms with Crippen molar-refractivity contribution >= 4 is 29.2 Å². The number of aromatic nitrogens is 1. The Kier molecular flexibility index (Phi) is 6.74. The average molecular weight is 418 g/mol. The Labute approximate surface area is 172 Å². The van der Waals surface area contributed by atoms with Crippen LogP contribution >= 0.6 is 23.2 Å². The zero-order valence-corrected chi connectivity index (χ0v) is 16.2. The molecule has 0 fully saturated rings. The Bertz CT molecular complexity index is 936. The van der Waals surface area contributed by atoms with Crippen LogP contribution in [-0.2, 0) is 11.4 Å². The number of rotatable bonds is 7. The summed E-state index contributed by atoms with van der Waals surface area (Å²) in [4.78, 5) is 14.8. The van der Waals surface area contributed by atoms with E-state index >= 15 is 0 Å². The van der Waals surface area contributed by atoms with Crippen LogP contribution in [0.1, 0.15) is 12.0 Å². The number of allylic oxidation sites excluding steroid dienone is 4. The maximum absolute atomic E-state index is 10.6. The van der Waals surface area contributed by atoms with Crippen molar-refractivity contribution in [2.75, 3.05) is 0 Å². The Hall–Kier alpha value is -2.76. The first-order chi connectivity index (χ1) is 13.5. The molecule has 1 aromatic heterocycles. The summed E-state index contributed by atoms with van der Waals surface area (Å²) in [5.74, 6) is 0.382. The van der Waals surface area contributed by atoms with E-state index in [-0.39, 0.29) is 5.92 Å². The highest BCUT2D eigenvalue weighted by Crippen LogP contribution is 2.29. The maximum Gasteiger partial charge on any atom is 0.327 e. The van der Waals surface area contributed by atoms with Gasteiger partial charge in [-0.15, -0.1) is 0 Å². The third kappa shape index (κ3) is 5.62. The van der Waals surface area contributed by atoms with Gasteiger partial charge in [-0.05, 0) is 24.6 Å². The zero-order chi connectivity index (χ0) is 19.9. The van der Waals surface area contributed by atoms with Crippen molar-refractivity contribution in [3.63, 3.8) is 0 Å². The second kappa shape index (κ2) is 9.44. The third-order valence-electron chi connectivity index (χ3n) is 3.93. The maximum atomic E-state index is 10.6. The number of benzene rings is 1. The smallest absolute Gasteiger partial charge is 0.327 e. The van der Waals surface area contributed by atoms with Crippen molar-refractivity contribution in [1.29, 1.82) is 0 Å². The molecule has 0 radical (unpaired) electrons. The fourth-order valence-corrected chi connectivity index (χ4v) is 2.98. The monoisotopic (exact) mass is 417 g/mol. The van der Waals surface area contributed by atoms with Crippen LogP contribution < -0.4 is 9.47 Å². The van der Waals surface area contributed by atoms with E-state index < -0.39 is 5.97 Å². The lowest BCUT2D eigenvalue weighted by Gasteiger charge is -2.16. The highest BCUT2D eigenvalue weighted by Gasteiger charge is 2.15. The van der Waals surface area contributed by atoms with E-state index in [9.17, 15) is 4.79 Å². The van der Waals surface area contributed by atoms with Gasteiger partial charge in [0.15, 0.2) is 0 Å². The minimum atomic E-state index is -0.989. The summed E-state index contributed by atoms with van der Waals surface area (Å²) >= 11 is 12.3. The van der Waals surface area contributed by atoms with E-state index in [1.165, 1.54) is 0 Å². The molecule has 1 aliphatic carbocycles. The van der Waals surface area contributed by atoms with Crippen molar-refractivity contribution in [2.45, 2.75) is 13.0 Å². The number of nitrogens with zero attached hydrogens (tertiary/aromatic N) is 1. The molecule has 0 saturated heterocycles. The summed E-state index contributed by atoms with van der Waals surface area (Å²) in [5, 5.41) is 9.75. The van der Waals surface area contributed by atoms with Gasteiger partial charge in [0.25, 0.3) is 0 Å². The SMILES string of the molecule is O=C(O)/C=C/C1C=C(Cl)C(Oc2ccc(OCc3ccccc3Cl)cn2)=CC1. The highest BCUT2D eigenvalue weighted by molar-refractivity contribution is 6.32. The molecule has 1 atom stereocenters. The molecule has 1 unspecified atom stereocenters. The minimum absolute atomic E-state index is 0.0792.